The van der Waals surface area contributed by atoms with Gasteiger partial charge in [0.15, 0.2) is 17.5 Å². The number of benzene rings is 9. The number of rotatable bonds is 6. The minimum atomic E-state index is 0.631. The summed E-state index contributed by atoms with van der Waals surface area (Å²) in [4.78, 5) is 15.5. The van der Waals surface area contributed by atoms with Crippen LogP contribution in [-0.4, -0.2) is 15.0 Å². The van der Waals surface area contributed by atoms with Gasteiger partial charge in [0.2, 0.25) is 0 Å². The van der Waals surface area contributed by atoms with Crippen LogP contribution in [0.25, 0.3) is 99.9 Å². The number of hydrogen-bond donors (Lipinski definition) is 0. The maximum atomic E-state index is 5.18. The molecule has 0 saturated carbocycles. The zero-order valence-corrected chi connectivity index (χ0v) is 29.4. The van der Waals surface area contributed by atoms with Crippen LogP contribution >= 0.6 is 0 Å². The number of hydrogen-bond acceptors (Lipinski definition) is 3. The molecule has 252 valence electrons. The lowest BCUT2D eigenvalue weighted by atomic mass is 9.90. The summed E-state index contributed by atoms with van der Waals surface area (Å²) in [5.74, 6) is 1.92. The van der Waals surface area contributed by atoms with Crippen LogP contribution < -0.4 is 0 Å². The first-order valence-corrected chi connectivity index (χ1v) is 18.3. The molecule has 0 amide bonds. The first-order chi connectivity index (χ1) is 26.7. The second-order valence-corrected chi connectivity index (χ2v) is 13.7. The molecule has 0 atom stereocenters. The lowest BCUT2D eigenvalue weighted by molar-refractivity contribution is 1.08. The highest BCUT2D eigenvalue weighted by molar-refractivity contribution is 5.96. The van der Waals surface area contributed by atoms with E-state index >= 15 is 0 Å². The molecule has 0 fully saturated rings. The van der Waals surface area contributed by atoms with Gasteiger partial charge in [-0.05, 0) is 90.0 Å². The second-order valence-electron chi connectivity index (χ2n) is 13.7. The third-order valence-corrected chi connectivity index (χ3v) is 10.3. The van der Waals surface area contributed by atoms with E-state index in [4.69, 9.17) is 15.0 Å². The number of nitrogens with zero attached hydrogens (tertiary/aromatic N) is 3. The Hall–Kier alpha value is -7.23. The monoisotopic (exact) mass is 687 g/mol. The fourth-order valence-corrected chi connectivity index (χ4v) is 7.53. The van der Waals surface area contributed by atoms with Gasteiger partial charge in [0.1, 0.15) is 0 Å². The highest BCUT2D eigenvalue weighted by Crippen LogP contribution is 2.38. The Kier molecular flexibility index (Phi) is 7.81. The predicted octanol–water partition coefficient (Wildman–Crippen LogP) is 13.3. The van der Waals surface area contributed by atoms with Crippen LogP contribution in [0, 0.1) is 0 Å². The van der Waals surface area contributed by atoms with Gasteiger partial charge in [-0.2, -0.15) is 0 Å². The van der Waals surface area contributed by atoms with Gasteiger partial charge >= 0.3 is 0 Å². The van der Waals surface area contributed by atoms with Gasteiger partial charge in [-0.1, -0.05) is 176 Å². The number of fused-ring (bicyclic) bond motifs is 3. The van der Waals surface area contributed by atoms with Gasteiger partial charge < -0.3 is 0 Å². The Balaban J connectivity index is 1.13. The Morgan fingerprint density at radius 2 is 0.722 bits per heavy atom. The molecule has 0 unspecified atom stereocenters. The van der Waals surface area contributed by atoms with Gasteiger partial charge in [0.05, 0.1) is 0 Å². The SMILES string of the molecule is c1ccc(-c2cc(-c3ccc4ccccc4c3)ccc2-c2cccc(-c3nc(-c4ccc5ccccc5c4)nc(-c4cccc5ccccc45)n3)c2)cc1. The van der Waals surface area contributed by atoms with Crippen molar-refractivity contribution in [1.82, 2.24) is 15.0 Å². The smallest absolute Gasteiger partial charge is 0.164 e. The van der Waals surface area contributed by atoms with Crippen molar-refractivity contribution >= 4 is 32.3 Å². The molecule has 10 aromatic rings. The zero-order valence-electron chi connectivity index (χ0n) is 29.4. The van der Waals surface area contributed by atoms with E-state index in [0.29, 0.717) is 17.5 Å². The maximum absolute atomic E-state index is 5.18. The van der Waals surface area contributed by atoms with Gasteiger partial charge in [0, 0.05) is 16.7 Å². The summed E-state index contributed by atoms with van der Waals surface area (Å²) in [5.41, 5.74) is 9.80. The van der Waals surface area contributed by atoms with Crippen molar-refractivity contribution in [3.8, 4) is 67.5 Å². The summed E-state index contributed by atoms with van der Waals surface area (Å²) in [6, 6.07) is 70.8. The summed E-state index contributed by atoms with van der Waals surface area (Å²) in [6.07, 6.45) is 0. The standard InChI is InChI=1S/C51H33N3/c1-2-14-37(15-3-1)48-33-41(40-26-24-34-12-4-6-17-38(34)30-40)28-29-46(48)42-20-10-21-43(32-42)49-52-50(44-27-25-35-13-5-7-18-39(35)31-44)54-51(53-49)47-23-11-19-36-16-8-9-22-45(36)47/h1-33H. The van der Waals surface area contributed by atoms with Gasteiger partial charge in [-0.3, -0.25) is 0 Å². The molecule has 1 heterocycles. The van der Waals surface area contributed by atoms with Crippen molar-refractivity contribution in [3.63, 3.8) is 0 Å². The van der Waals surface area contributed by atoms with E-state index in [9.17, 15) is 0 Å². The molecule has 54 heavy (non-hydrogen) atoms. The summed E-state index contributed by atoms with van der Waals surface area (Å²) in [5, 5.41) is 7.05. The first-order valence-electron chi connectivity index (χ1n) is 18.3. The van der Waals surface area contributed by atoms with Crippen LogP contribution in [0.15, 0.2) is 200 Å². The molecule has 0 bridgehead atoms. The van der Waals surface area contributed by atoms with E-state index in [-0.39, 0.29) is 0 Å². The van der Waals surface area contributed by atoms with Crippen molar-refractivity contribution in [2.75, 3.05) is 0 Å². The predicted molar refractivity (Wildman–Crippen MR) is 225 cm³/mol. The Bertz CT molecular complexity index is 3000. The molecule has 0 aliphatic carbocycles. The molecular formula is C51H33N3. The van der Waals surface area contributed by atoms with Gasteiger partial charge in [-0.15, -0.1) is 0 Å². The average Bonchev–Trinajstić information content (AvgIpc) is 3.26. The highest BCUT2D eigenvalue weighted by atomic mass is 15.0. The maximum Gasteiger partial charge on any atom is 0.164 e. The fraction of sp³-hybridized carbons (Fsp3) is 0. The normalized spacial score (nSPS) is 11.3. The van der Waals surface area contributed by atoms with E-state index in [2.05, 4.69) is 200 Å². The molecule has 0 aliphatic heterocycles. The largest absolute Gasteiger partial charge is 0.208 e. The third kappa shape index (κ3) is 5.88. The Labute approximate surface area is 313 Å². The van der Waals surface area contributed by atoms with Crippen LogP contribution in [0.4, 0.5) is 0 Å². The van der Waals surface area contributed by atoms with Crippen LogP contribution in [0.1, 0.15) is 0 Å². The molecule has 10 rings (SSSR count). The molecule has 0 spiro atoms. The molecule has 0 N–H and O–H groups in total. The summed E-state index contributed by atoms with van der Waals surface area (Å²) >= 11 is 0. The molecule has 0 saturated heterocycles. The average molecular weight is 688 g/mol. The molecule has 0 aliphatic rings. The molecular weight excluding hydrogens is 655 g/mol. The molecule has 9 aromatic carbocycles. The van der Waals surface area contributed by atoms with Crippen molar-refractivity contribution in [2.24, 2.45) is 0 Å². The van der Waals surface area contributed by atoms with Crippen molar-refractivity contribution in [3.05, 3.63) is 200 Å². The summed E-state index contributed by atoms with van der Waals surface area (Å²) < 4.78 is 0. The van der Waals surface area contributed by atoms with E-state index in [1.807, 2.05) is 0 Å². The van der Waals surface area contributed by atoms with Crippen molar-refractivity contribution < 1.29 is 0 Å². The van der Waals surface area contributed by atoms with Gasteiger partial charge in [0.25, 0.3) is 0 Å². The van der Waals surface area contributed by atoms with Crippen LogP contribution in [0.2, 0.25) is 0 Å². The summed E-state index contributed by atoms with van der Waals surface area (Å²) in [6.45, 7) is 0. The highest BCUT2D eigenvalue weighted by Gasteiger charge is 2.17. The second kappa shape index (κ2) is 13.4. The third-order valence-electron chi connectivity index (χ3n) is 10.3. The Morgan fingerprint density at radius 1 is 0.222 bits per heavy atom. The van der Waals surface area contributed by atoms with Crippen molar-refractivity contribution in [2.45, 2.75) is 0 Å². The van der Waals surface area contributed by atoms with E-state index in [0.717, 1.165) is 49.5 Å². The lowest BCUT2D eigenvalue weighted by Crippen LogP contribution is -2.01. The minimum absolute atomic E-state index is 0.631. The van der Waals surface area contributed by atoms with Gasteiger partial charge in [-0.25, -0.2) is 15.0 Å². The topological polar surface area (TPSA) is 38.7 Å². The van der Waals surface area contributed by atoms with Crippen LogP contribution in [0.5, 0.6) is 0 Å². The quantitative estimate of drug-likeness (QED) is 0.175. The van der Waals surface area contributed by atoms with E-state index in [1.165, 1.54) is 32.8 Å². The first kappa shape index (κ1) is 31.5. The van der Waals surface area contributed by atoms with E-state index in [1.54, 1.807) is 0 Å². The lowest BCUT2D eigenvalue weighted by Gasteiger charge is -2.15. The molecule has 0 radical (unpaired) electrons. The number of aromatic nitrogens is 3. The van der Waals surface area contributed by atoms with Crippen LogP contribution in [0.3, 0.4) is 0 Å². The fourth-order valence-electron chi connectivity index (χ4n) is 7.53. The summed E-state index contributed by atoms with van der Waals surface area (Å²) in [7, 11) is 0. The molecule has 3 heteroatoms. The Morgan fingerprint density at radius 3 is 1.48 bits per heavy atom. The minimum Gasteiger partial charge on any atom is -0.208 e. The molecule has 3 nitrogen and oxygen atoms in total. The zero-order chi connectivity index (χ0) is 35.8. The van der Waals surface area contributed by atoms with Crippen molar-refractivity contribution in [1.29, 1.82) is 0 Å². The molecule has 1 aromatic heterocycles. The van der Waals surface area contributed by atoms with E-state index < -0.39 is 0 Å². The van der Waals surface area contributed by atoms with Crippen LogP contribution in [-0.2, 0) is 0 Å².